The summed E-state index contributed by atoms with van der Waals surface area (Å²) in [6.45, 7) is 5.09. The van der Waals surface area contributed by atoms with Crippen LogP contribution in [0.4, 0.5) is 0 Å². The van der Waals surface area contributed by atoms with Crippen molar-refractivity contribution in [2.75, 3.05) is 0 Å². The largest absolute Gasteiger partial charge is 0.348 e. The number of carbonyl (C=O) groups is 1. The maximum Gasteiger partial charge on any atom is 0.151 e. The summed E-state index contributed by atoms with van der Waals surface area (Å²) in [7, 11) is 0. The maximum absolute atomic E-state index is 10.9. The lowest BCUT2D eigenvalue weighted by atomic mass is 9.77. The molecule has 0 bridgehead atoms. The standard InChI is InChI=1S/C16H17NO/c1-11-7-15(10-18)12(2)17(11)9-14-8-13-5-3-4-6-16(13)14/h3-7,10,14H,8-9H2,1-2H3. The Hall–Kier alpha value is -1.83. The van der Waals surface area contributed by atoms with E-state index in [1.165, 1.54) is 16.8 Å². The monoisotopic (exact) mass is 239 g/mol. The van der Waals surface area contributed by atoms with Crippen molar-refractivity contribution in [2.45, 2.75) is 32.7 Å². The molecule has 3 rings (SSSR count). The van der Waals surface area contributed by atoms with Crippen molar-refractivity contribution in [1.29, 1.82) is 0 Å². The average Bonchev–Trinajstić information content (AvgIpc) is 2.62. The van der Waals surface area contributed by atoms with Crippen molar-refractivity contribution in [3.05, 3.63) is 58.4 Å². The summed E-state index contributed by atoms with van der Waals surface area (Å²) in [5.41, 5.74) is 6.03. The lowest BCUT2D eigenvalue weighted by molar-refractivity contribution is 0.112. The fourth-order valence-electron chi connectivity index (χ4n) is 2.97. The number of hydrogen-bond donors (Lipinski definition) is 0. The topological polar surface area (TPSA) is 22.0 Å². The molecule has 0 radical (unpaired) electrons. The smallest absolute Gasteiger partial charge is 0.151 e. The van der Waals surface area contributed by atoms with Gasteiger partial charge in [-0.15, -0.1) is 0 Å². The molecule has 1 unspecified atom stereocenters. The van der Waals surface area contributed by atoms with E-state index >= 15 is 0 Å². The molecule has 0 amide bonds. The molecule has 0 aliphatic heterocycles. The van der Waals surface area contributed by atoms with E-state index in [2.05, 4.69) is 35.8 Å². The molecule has 18 heavy (non-hydrogen) atoms. The molecule has 2 nitrogen and oxygen atoms in total. The van der Waals surface area contributed by atoms with E-state index in [1.54, 1.807) is 0 Å². The van der Waals surface area contributed by atoms with E-state index in [4.69, 9.17) is 0 Å². The highest BCUT2D eigenvalue weighted by Gasteiger charge is 2.26. The molecule has 1 atom stereocenters. The Morgan fingerprint density at radius 2 is 2.11 bits per heavy atom. The zero-order valence-corrected chi connectivity index (χ0v) is 10.8. The van der Waals surface area contributed by atoms with Crippen LogP contribution >= 0.6 is 0 Å². The van der Waals surface area contributed by atoms with Gasteiger partial charge < -0.3 is 4.57 Å². The predicted molar refractivity (Wildman–Crippen MR) is 72.2 cm³/mol. The number of hydrogen-bond acceptors (Lipinski definition) is 1. The van der Waals surface area contributed by atoms with Gasteiger partial charge >= 0.3 is 0 Å². The number of aryl methyl sites for hydroxylation is 1. The number of aldehydes is 1. The van der Waals surface area contributed by atoms with Crippen molar-refractivity contribution in [3.63, 3.8) is 0 Å². The second-order valence-electron chi connectivity index (χ2n) is 5.15. The molecule has 1 aromatic carbocycles. The molecular weight excluding hydrogens is 222 g/mol. The predicted octanol–water partition coefficient (Wildman–Crippen LogP) is 3.26. The number of fused-ring (bicyclic) bond motifs is 1. The van der Waals surface area contributed by atoms with Gasteiger partial charge in [-0.3, -0.25) is 4.79 Å². The maximum atomic E-state index is 10.9. The molecule has 92 valence electrons. The Balaban J connectivity index is 1.87. The van der Waals surface area contributed by atoms with Gasteiger partial charge in [-0.05, 0) is 37.5 Å². The third-order valence-corrected chi connectivity index (χ3v) is 4.10. The molecule has 1 aromatic heterocycles. The summed E-state index contributed by atoms with van der Waals surface area (Å²) < 4.78 is 2.27. The summed E-state index contributed by atoms with van der Waals surface area (Å²) in [4.78, 5) is 10.9. The van der Waals surface area contributed by atoms with E-state index < -0.39 is 0 Å². The molecule has 2 heteroatoms. The average molecular weight is 239 g/mol. The highest BCUT2D eigenvalue weighted by molar-refractivity contribution is 5.77. The lowest BCUT2D eigenvalue weighted by Gasteiger charge is -2.31. The number of nitrogens with zero attached hydrogens (tertiary/aromatic N) is 1. The van der Waals surface area contributed by atoms with E-state index in [-0.39, 0.29) is 0 Å². The lowest BCUT2D eigenvalue weighted by Crippen LogP contribution is -2.22. The molecule has 0 saturated heterocycles. The third kappa shape index (κ3) is 1.60. The van der Waals surface area contributed by atoms with Crippen LogP contribution in [0.1, 0.15) is 38.8 Å². The minimum Gasteiger partial charge on any atom is -0.348 e. The Kier molecular flexibility index (Phi) is 2.58. The van der Waals surface area contributed by atoms with Crippen LogP contribution in [0.15, 0.2) is 30.3 Å². The summed E-state index contributed by atoms with van der Waals surface area (Å²) in [5.74, 6) is 0.602. The van der Waals surface area contributed by atoms with Gasteiger partial charge in [0.1, 0.15) is 0 Å². The molecule has 0 spiro atoms. The molecule has 1 aliphatic carbocycles. The first kappa shape index (κ1) is 11.3. The zero-order chi connectivity index (χ0) is 12.7. The first-order valence-corrected chi connectivity index (χ1v) is 6.40. The van der Waals surface area contributed by atoms with Gasteiger partial charge in [0.25, 0.3) is 0 Å². The van der Waals surface area contributed by atoms with Gasteiger partial charge in [-0.1, -0.05) is 24.3 Å². The fourth-order valence-corrected chi connectivity index (χ4v) is 2.97. The fraction of sp³-hybridized carbons (Fsp3) is 0.312. The number of carbonyl (C=O) groups excluding carboxylic acids is 1. The summed E-state index contributed by atoms with van der Waals surface area (Å²) in [6, 6.07) is 10.6. The zero-order valence-electron chi connectivity index (χ0n) is 10.8. The van der Waals surface area contributed by atoms with Crippen LogP contribution < -0.4 is 0 Å². The minimum absolute atomic E-state index is 0.602. The Morgan fingerprint density at radius 1 is 1.33 bits per heavy atom. The van der Waals surface area contributed by atoms with E-state index in [0.29, 0.717) is 5.92 Å². The van der Waals surface area contributed by atoms with Crippen LogP contribution in [0.2, 0.25) is 0 Å². The molecular formula is C16H17NO. The summed E-state index contributed by atoms with van der Waals surface area (Å²) >= 11 is 0. The molecule has 1 heterocycles. The van der Waals surface area contributed by atoms with Gasteiger partial charge in [-0.2, -0.15) is 0 Å². The second kappa shape index (κ2) is 4.13. The number of rotatable bonds is 3. The summed E-state index contributed by atoms with van der Waals surface area (Å²) in [5, 5.41) is 0. The Bertz CT molecular complexity index is 610. The molecule has 2 aromatic rings. The van der Waals surface area contributed by atoms with Crippen LogP contribution in [0.25, 0.3) is 0 Å². The van der Waals surface area contributed by atoms with Crippen molar-refractivity contribution < 1.29 is 4.79 Å². The first-order chi connectivity index (χ1) is 8.70. The molecule has 0 fully saturated rings. The van der Waals surface area contributed by atoms with Crippen molar-refractivity contribution in [1.82, 2.24) is 4.57 Å². The third-order valence-electron chi connectivity index (χ3n) is 4.10. The quantitative estimate of drug-likeness (QED) is 0.753. The van der Waals surface area contributed by atoms with Crippen LogP contribution in [-0.4, -0.2) is 10.9 Å². The second-order valence-corrected chi connectivity index (χ2v) is 5.15. The van der Waals surface area contributed by atoms with E-state index in [9.17, 15) is 4.79 Å². The molecule has 0 N–H and O–H groups in total. The van der Waals surface area contributed by atoms with Crippen molar-refractivity contribution in [2.24, 2.45) is 0 Å². The van der Waals surface area contributed by atoms with Gasteiger partial charge in [0.15, 0.2) is 6.29 Å². The minimum atomic E-state index is 0.602. The normalized spacial score (nSPS) is 17.1. The van der Waals surface area contributed by atoms with Crippen molar-refractivity contribution >= 4 is 6.29 Å². The van der Waals surface area contributed by atoms with Gasteiger partial charge in [0.2, 0.25) is 0 Å². The van der Waals surface area contributed by atoms with Crippen LogP contribution in [0.5, 0.6) is 0 Å². The van der Waals surface area contributed by atoms with Crippen molar-refractivity contribution in [3.8, 4) is 0 Å². The van der Waals surface area contributed by atoms with Crippen LogP contribution in [0, 0.1) is 13.8 Å². The van der Waals surface area contributed by atoms with Gasteiger partial charge in [0.05, 0.1) is 0 Å². The number of aromatic nitrogens is 1. The highest BCUT2D eigenvalue weighted by atomic mass is 16.1. The molecule has 0 saturated carbocycles. The Morgan fingerprint density at radius 3 is 2.78 bits per heavy atom. The molecule has 1 aliphatic rings. The van der Waals surface area contributed by atoms with Crippen LogP contribution in [-0.2, 0) is 13.0 Å². The van der Waals surface area contributed by atoms with E-state index in [0.717, 1.165) is 30.5 Å². The number of benzene rings is 1. The Labute approximate surface area is 107 Å². The van der Waals surface area contributed by atoms with Crippen LogP contribution in [0.3, 0.4) is 0 Å². The van der Waals surface area contributed by atoms with Gasteiger partial charge in [0, 0.05) is 29.4 Å². The van der Waals surface area contributed by atoms with Gasteiger partial charge in [-0.25, -0.2) is 0 Å². The SMILES string of the molecule is Cc1cc(C=O)c(C)n1CC1Cc2ccccc21. The first-order valence-electron chi connectivity index (χ1n) is 6.40. The van der Waals surface area contributed by atoms with E-state index in [1.807, 2.05) is 13.0 Å². The summed E-state index contributed by atoms with van der Waals surface area (Å²) in [6.07, 6.45) is 2.11. The highest BCUT2D eigenvalue weighted by Crippen LogP contribution is 2.36.